The average molecular weight is 222 g/mol. The van der Waals surface area contributed by atoms with E-state index in [1.54, 1.807) is 0 Å². The molecule has 3 rings (SSSR count). The second kappa shape index (κ2) is 4.36. The van der Waals surface area contributed by atoms with Crippen molar-refractivity contribution in [3.63, 3.8) is 0 Å². The highest BCUT2D eigenvalue weighted by Crippen LogP contribution is 2.30. The predicted octanol–water partition coefficient (Wildman–Crippen LogP) is 1.39. The monoisotopic (exact) mass is 222 g/mol. The summed E-state index contributed by atoms with van der Waals surface area (Å²) in [7, 11) is 0. The molecule has 1 N–H and O–H groups in total. The standard InChI is InChI=1S/C13H22N2O/c16-13(10-4-1-2-5-10)15-8-11-6-3-7-14-12(11)9-15/h10-12,14H,1-9H2/t11-,12+/m0/s1. The van der Waals surface area contributed by atoms with Crippen LogP contribution in [0.5, 0.6) is 0 Å². The normalized spacial score (nSPS) is 35.4. The minimum atomic E-state index is 0.361. The summed E-state index contributed by atoms with van der Waals surface area (Å²) in [6.45, 7) is 3.14. The quantitative estimate of drug-likeness (QED) is 0.727. The van der Waals surface area contributed by atoms with Crippen LogP contribution in [0.4, 0.5) is 0 Å². The molecular formula is C13H22N2O. The maximum absolute atomic E-state index is 12.3. The number of hydrogen-bond donors (Lipinski definition) is 1. The van der Waals surface area contributed by atoms with E-state index in [9.17, 15) is 4.79 Å². The van der Waals surface area contributed by atoms with Crippen molar-refractivity contribution in [3.05, 3.63) is 0 Å². The molecule has 0 bridgehead atoms. The van der Waals surface area contributed by atoms with E-state index in [0.717, 1.165) is 38.4 Å². The zero-order chi connectivity index (χ0) is 11.0. The zero-order valence-electron chi connectivity index (χ0n) is 9.95. The van der Waals surface area contributed by atoms with Crippen LogP contribution in [0, 0.1) is 11.8 Å². The summed E-state index contributed by atoms with van der Waals surface area (Å²) in [5.74, 6) is 1.55. The molecule has 0 aromatic heterocycles. The molecule has 16 heavy (non-hydrogen) atoms. The van der Waals surface area contributed by atoms with Crippen LogP contribution in [0.25, 0.3) is 0 Å². The number of fused-ring (bicyclic) bond motifs is 1. The summed E-state index contributed by atoms with van der Waals surface area (Å²) in [5.41, 5.74) is 0. The van der Waals surface area contributed by atoms with Crippen molar-refractivity contribution < 1.29 is 4.79 Å². The van der Waals surface area contributed by atoms with Gasteiger partial charge < -0.3 is 10.2 Å². The molecule has 3 aliphatic rings. The van der Waals surface area contributed by atoms with Gasteiger partial charge in [0.1, 0.15) is 0 Å². The summed E-state index contributed by atoms with van der Waals surface area (Å²) in [4.78, 5) is 14.4. The van der Waals surface area contributed by atoms with Gasteiger partial charge in [-0.2, -0.15) is 0 Å². The number of amides is 1. The lowest BCUT2D eigenvalue weighted by atomic mass is 9.94. The van der Waals surface area contributed by atoms with Crippen LogP contribution in [0.1, 0.15) is 38.5 Å². The molecule has 1 amide bonds. The average Bonchev–Trinajstić information content (AvgIpc) is 2.97. The fourth-order valence-electron chi connectivity index (χ4n) is 3.66. The highest BCUT2D eigenvalue weighted by Gasteiger charge is 2.38. The van der Waals surface area contributed by atoms with Crippen LogP contribution in [0.3, 0.4) is 0 Å². The van der Waals surface area contributed by atoms with E-state index in [4.69, 9.17) is 0 Å². The van der Waals surface area contributed by atoms with Crippen molar-refractivity contribution in [1.29, 1.82) is 0 Å². The van der Waals surface area contributed by atoms with Gasteiger partial charge in [-0.15, -0.1) is 0 Å². The summed E-state index contributed by atoms with van der Waals surface area (Å²) in [5, 5.41) is 3.56. The summed E-state index contributed by atoms with van der Waals surface area (Å²) in [6, 6.07) is 0.596. The van der Waals surface area contributed by atoms with Gasteiger partial charge in [0, 0.05) is 25.0 Å². The first-order chi connectivity index (χ1) is 7.84. The second-order valence-electron chi connectivity index (χ2n) is 5.69. The number of hydrogen-bond acceptors (Lipinski definition) is 2. The van der Waals surface area contributed by atoms with Gasteiger partial charge in [-0.3, -0.25) is 4.79 Å². The summed E-state index contributed by atoms with van der Waals surface area (Å²) in [6.07, 6.45) is 7.39. The first-order valence-electron chi connectivity index (χ1n) is 6.87. The number of likely N-dealkylation sites (tertiary alicyclic amines) is 1. The van der Waals surface area contributed by atoms with Crippen LogP contribution in [0.2, 0.25) is 0 Å². The molecule has 3 heteroatoms. The van der Waals surface area contributed by atoms with E-state index in [1.807, 2.05) is 0 Å². The highest BCUT2D eigenvalue weighted by atomic mass is 16.2. The van der Waals surface area contributed by atoms with Gasteiger partial charge in [-0.25, -0.2) is 0 Å². The molecule has 90 valence electrons. The minimum absolute atomic E-state index is 0.361. The third-order valence-electron chi connectivity index (χ3n) is 4.62. The molecule has 3 nitrogen and oxygen atoms in total. The van der Waals surface area contributed by atoms with Crippen molar-refractivity contribution >= 4 is 5.91 Å². The predicted molar refractivity (Wildman–Crippen MR) is 63.1 cm³/mol. The fraction of sp³-hybridized carbons (Fsp3) is 0.923. The lowest BCUT2D eigenvalue weighted by Crippen LogP contribution is -2.41. The molecule has 2 saturated heterocycles. The Hall–Kier alpha value is -0.570. The van der Waals surface area contributed by atoms with Crippen molar-refractivity contribution in [3.8, 4) is 0 Å². The fourth-order valence-corrected chi connectivity index (χ4v) is 3.66. The van der Waals surface area contributed by atoms with Crippen molar-refractivity contribution in [2.75, 3.05) is 19.6 Å². The number of nitrogens with one attached hydrogen (secondary N) is 1. The zero-order valence-corrected chi connectivity index (χ0v) is 9.95. The lowest BCUT2D eigenvalue weighted by Gasteiger charge is -2.24. The topological polar surface area (TPSA) is 32.3 Å². The van der Waals surface area contributed by atoms with Crippen LogP contribution < -0.4 is 5.32 Å². The molecular weight excluding hydrogens is 200 g/mol. The molecule has 1 saturated carbocycles. The lowest BCUT2D eigenvalue weighted by molar-refractivity contribution is -0.134. The number of rotatable bonds is 1. The molecule has 0 spiro atoms. The molecule has 2 heterocycles. The van der Waals surface area contributed by atoms with Crippen LogP contribution >= 0.6 is 0 Å². The smallest absolute Gasteiger partial charge is 0.225 e. The Morgan fingerprint density at radius 2 is 1.88 bits per heavy atom. The second-order valence-corrected chi connectivity index (χ2v) is 5.69. The number of carbonyl (C=O) groups excluding carboxylic acids is 1. The van der Waals surface area contributed by atoms with Crippen LogP contribution in [-0.4, -0.2) is 36.5 Å². The van der Waals surface area contributed by atoms with Gasteiger partial charge in [0.15, 0.2) is 0 Å². The van der Waals surface area contributed by atoms with E-state index < -0.39 is 0 Å². The highest BCUT2D eigenvalue weighted by molar-refractivity contribution is 5.79. The Bertz CT molecular complexity index is 259. The largest absolute Gasteiger partial charge is 0.341 e. The molecule has 0 aromatic rings. The summed E-state index contributed by atoms with van der Waals surface area (Å²) >= 11 is 0. The number of nitrogens with zero attached hydrogens (tertiary/aromatic N) is 1. The third kappa shape index (κ3) is 1.86. The number of carbonyl (C=O) groups is 1. The first kappa shape index (κ1) is 10.6. The molecule has 0 unspecified atom stereocenters. The van der Waals surface area contributed by atoms with Gasteiger partial charge >= 0.3 is 0 Å². The first-order valence-corrected chi connectivity index (χ1v) is 6.87. The maximum atomic E-state index is 12.3. The Balaban J connectivity index is 1.61. The maximum Gasteiger partial charge on any atom is 0.225 e. The third-order valence-corrected chi connectivity index (χ3v) is 4.62. The summed E-state index contributed by atoms with van der Waals surface area (Å²) < 4.78 is 0. The molecule has 3 fully saturated rings. The molecule has 2 atom stereocenters. The Labute approximate surface area is 97.6 Å². The van der Waals surface area contributed by atoms with E-state index in [-0.39, 0.29) is 0 Å². The minimum Gasteiger partial charge on any atom is -0.341 e. The molecule has 2 aliphatic heterocycles. The van der Waals surface area contributed by atoms with Crippen molar-refractivity contribution in [2.45, 2.75) is 44.6 Å². The van der Waals surface area contributed by atoms with E-state index in [1.165, 1.54) is 25.7 Å². The number of piperidine rings is 1. The molecule has 0 aromatic carbocycles. The SMILES string of the molecule is O=C(C1CCCC1)N1C[C@@H]2CCCN[C@@H]2C1. The van der Waals surface area contributed by atoms with E-state index in [2.05, 4.69) is 10.2 Å². The van der Waals surface area contributed by atoms with Gasteiger partial charge in [-0.05, 0) is 38.1 Å². The van der Waals surface area contributed by atoms with Crippen molar-refractivity contribution in [1.82, 2.24) is 10.2 Å². The van der Waals surface area contributed by atoms with Gasteiger partial charge in [0.25, 0.3) is 0 Å². The Morgan fingerprint density at radius 1 is 1.06 bits per heavy atom. The Kier molecular flexibility index (Phi) is 2.88. The van der Waals surface area contributed by atoms with Crippen LogP contribution in [0.15, 0.2) is 0 Å². The van der Waals surface area contributed by atoms with E-state index >= 15 is 0 Å². The molecule has 0 radical (unpaired) electrons. The van der Waals surface area contributed by atoms with Gasteiger partial charge in [-0.1, -0.05) is 12.8 Å². The molecule has 1 aliphatic carbocycles. The van der Waals surface area contributed by atoms with Crippen LogP contribution in [-0.2, 0) is 4.79 Å². The van der Waals surface area contributed by atoms with E-state index in [0.29, 0.717) is 17.9 Å². The van der Waals surface area contributed by atoms with Gasteiger partial charge in [0.2, 0.25) is 5.91 Å². The Morgan fingerprint density at radius 3 is 2.62 bits per heavy atom. The van der Waals surface area contributed by atoms with Gasteiger partial charge in [0.05, 0.1) is 0 Å². The van der Waals surface area contributed by atoms with Crippen molar-refractivity contribution in [2.24, 2.45) is 11.8 Å².